The zero-order chi connectivity index (χ0) is 18.0. The van der Waals surface area contributed by atoms with Crippen LogP contribution in [0, 0.1) is 11.8 Å². The maximum Gasteiger partial charge on any atom is 0.414 e. The molecule has 0 fully saturated rings. The summed E-state index contributed by atoms with van der Waals surface area (Å²) in [5.41, 5.74) is 2.04. The van der Waals surface area contributed by atoms with Crippen molar-refractivity contribution in [2.24, 2.45) is 11.8 Å². The summed E-state index contributed by atoms with van der Waals surface area (Å²) in [6.45, 7) is 1.93. The van der Waals surface area contributed by atoms with Crippen LogP contribution in [0.4, 0.5) is 10.5 Å². The number of rotatable bonds is 3. The minimum atomic E-state index is -0.801. The molecule has 25 heavy (non-hydrogen) atoms. The van der Waals surface area contributed by atoms with Crippen molar-refractivity contribution in [2.45, 2.75) is 19.6 Å². The average molecular weight is 364 g/mol. The molecule has 3 atom stereocenters. The van der Waals surface area contributed by atoms with Gasteiger partial charge in [-0.25, -0.2) is 9.59 Å². The van der Waals surface area contributed by atoms with Crippen LogP contribution in [-0.4, -0.2) is 25.5 Å². The summed E-state index contributed by atoms with van der Waals surface area (Å²) in [6.07, 6.45) is 2.60. The predicted octanol–water partition coefficient (Wildman–Crippen LogP) is 3.88. The first-order valence-corrected chi connectivity index (χ1v) is 8.21. The number of fused-ring (bicyclic) bond motifs is 1. The standard InChI is InChI=1S/C18H18ClNO5/c1-10-3-8-13-14(16(21)23-2)9-24-17(15(10)13)25-18(22)20-12-6-4-11(19)5-7-12/h3-7,9,13,15,17H,8H2,1-2H3,(H,20,22). The number of nitrogens with one attached hydrogen (secondary N) is 1. The summed E-state index contributed by atoms with van der Waals surface area (Å²) in [6, 6.07) is 6.67. The van der Waals surface area contributed by atoms with Gasteiger partial charge < -0.3 is 14.2 Å². The lowest BCUT2D eigenvalue weighted by Gasteiger charge is -2.33. The van der Waals surface area contributed by atoms with Gasteiger partial charge in [0.1, 0.15) is 0 Å². The Kier molecular flexibility index (Phi) is 4.99. The molecule has 1 aromatic carbocycles. The third-order valence-corrected chi connectivity index (χ3v) is 4.66. The Hall–Kier alpha value is -2.47. The van der Waals surface area contributed by atoms with Gasteiger partial charge in [0.2, 0.25) is 0 Å². The van der Waals surface area contributed by atoms with Gasteiger partial charge in [-0.15, -0.1) is 0 Å². The number of ether oxygens (including phenoxy) is 3. The van der Waals surface area contributed by atoms with E-state index < -0.39 is 18.4 Å². The number of allylic oxidation sites excluding steroid dienone is 1. The van der Waals surface area contributed by atoms with Gasteiger partial charge in [0.25, 0.3) is 6.29 Å². The van der Waals surface area contributed by atoms with Gasteiger partial charge in [0, 0.05) is 16.6 Å². The van der Waals surface area contributed by atoms with E-state index in [1.54, 1.807) is 24.3 Å². The van der Waals surface area contributed by atoms with Crippen LogP contribution < -0.4 is 5.32 Å². The Balaban J connectivity index is 1.70. The van der Waals surface area contributed by atoms with Crippen molar-refractivity contribution >= 4 is 29.4 Å². The van der Waals surface area contributed by atoms with Crippen LogP contribution in [0.1, 0.15) is 13.3 Å². The van der Waals surface area contributed by atoms with Gasteiger partial charge in [-0.1, -0.05) is 23.3 Å². The van der Waals surface area contributed by atoms with Crippen LogP contribution in [0.2, 0.25) is 5.02 Å². The normalized spacial score (nSPS) is 24.4. The van der Waals surface area contributed by atoms with Crippen LogP contribution in [0.25, 0.3) is 0 Å². The molecule has 3 unspecified atom stereocenters. The van der Waals surface area contributed by atoms with Crippen molar-refractivity contribution < 1.29 is 23.8 Å². The van der Waals surface area contributed by atoms with Crippen molar-refractivity contribution in [3.05, 3.63) is 52.8 Å². The summed E-state index contributed by atoms with van der Waals surface area (Å²) in [5.74, 6) is -0.758. The van der Waals surface area contributed by atoms with Gasteiger partial charge in [0.15, 0.2) is 0 Å². The maximum atomic E-state index is 12.2. The Morgan fingerprint density at radius 2 is 2.00 bits per heavy atom. The summed E-state index contributed by atoms with van der Waals surface area (Å²) in [4.78, 5) is 24.0. The van der Waals surface area contributed by atoms with Crippen molar-refractivity contribution in [1.82, 2.24) is 0 Å². The molecule has 1 amide bonds. The van der Waals surface area contributed by atoms with Gasteiger partial charge >= 0.3 is 12.1 Å². The fourth-order valence-corrected chi connectivity index (χ4v) is 3.28. The molecule has 1 aliphatic carbocycles. The molecule has 0 spiro atoms. The number of hydrogen-bond donors (Lipinski definition) is 1. The SMILES string of the molecule is COC(=O)C1=COC(OC(=O)Nc2ccc(Cl)cc2)C2C(C)=CCC12. The van der Waals surface area contributed by atoms with Gasteiger partial charge in [-0.05, 0) is 37.6 Å². The van der Waals surface area contributed by atoms with E-state index in [2.05, 4.69) is 5.32 Å². The molecule has 2 aliphatic rings. The van der Waals surface area contributed by atoms with Crippen LogP contribution in [0.15, 0.2) is 47.7 Å². The molecule has 0 radical (unpaired) electrons. The second-order valence-electron chi connectivity index (χ2n) is 5.92. The number of hydrogen-bond acceptors (Lipinski definition) is 5. The zero-order valence-corrected chi connectivity index (χ0v) is 14.6. The van der Waals surface area contributed by atoms with Gasteiger partial charge in [-0.2, -0.15) is 0 Å². The number of benzene rings is 1. The molecule has 1 N–H and O–H groups in total. The van der Waals surface area contributed by atoms with E-state index in [9.17, 15) is 9.59 Å². The monoisotopic (exact) mass is 363 g/mol. The highest BCUT2D eigenvalue weighted by Crippen LogP contribution is 2.43. The average Bonchev–Trinajstić information content (AvgIpc) is 2.99. The highest BCUT2D eigenvalue weighted by atomic mass is 35.5. The molecule has 0 saturated heterocycles. The number of halogens is 1. The second-order valence-corrected chi connectivity index (χ2v) is 6.36. The molecule has 0 aromatic heterocycles. The molecule has 1 aromatic rings. The van der Waals surface area contributed by atoms with Crippen molar-refractivity contribution in [3.8, 4) is 0 Å². The van der Waals surface area contributed by atoms with Crippen LogP contribution >= 0.6 is 11.6 Å². The van der Waals surface area contributed by atoms with Crippen molar-refractivity contribution in [1.29, 1.82) is 0 Å². The topological polar surface area (TPSA) is 73.9 Å². The van der Waals surface area contributed by atoms with Crippen LogP contribution in [-0.2, 0) is 19.0 Å². The minimum absolute atomic E-state index is 0.116. The Labute approximate surface area is 150 Å². The smallest absolute Gasteiger partial charge is 0.414 e. The van der Waals surface area contributed by atoms with Crippen molar-refractivity contribution in [3.63, 3.8) is 0 Å². The lowest BCUT2D eigenvalue weighted by Crippen LogP contribution is -2.38. The number of carbonyl (C=O) groups is 2. The first-order chi connectivity index (χ1) is 12.0. The van der Waals surface area contributed by atoms with E-state index in [1.807, 2.05) is 13.0 Å². The first-order valence-electron chi connectivity index (χ1n) is 7.83. The zero-order valence-electron chi connectivity index (χ0n) is 13.8. The second kappa shape index (κ2) is 7.19. The molecule has 132 valence electrons. The lowest BCUT2D eigenvalue weighted by molar-refractivity contribution is -0.141. The van der Waals surface area contributed by atoms with Crippen LogP contribution in [0.5, 0.6) is 0 Å². The summed E-state index contributed by atoms with van der Waals surface area (Å²) in [7, 11) is 1.33. The Bertz CT molecular complexity index is 740. The van der Waals surface area contributed by atoms with E-state index >= 15 is 0 Å². The fraction of sp³-hybridized carbons (Fsp3) is 0.333. The van der Waals surface area contributed by atoms with E-state index in [1.165, 1.54) is 13.4 Å². The quantitative estimate of drug-likeness (QED) is 0.651. The third kappa shape index (κ3) is 3.64. The van der Waals surface area contributed by atoms with Gasteiger partial charge in [-0.3, -0.25) is 5.32 Å². The Morgan fingerprint density at radius 3 is 2.68 bits per heavy atom. The summed E-state index contributed by atoms with van der Waals surface area (Å²) >= 11 is 5.82. The summed E-state index contributed by atoms with van der Waals surface area (Å²) < 4.78 is 15.7. The molecule has 1 aliphatic heterocycles. The molecule has 7 heteroatoms. The number of anilines is 1. The van der Waals surface area contributed by atoms with E-state index in [4.69, 9.17) is 25.8 Å². The molecular formula is C18H18ClNO5. The number of amides is 1. The maximum absolute atomic E-state index is 12.2. The predicted molar refractivity (Wildman–Crippen MR) is 91.9 cm³/mol. The molecular weight excluding hydrogens is 346 g/mol. The highest BCUT2D eigenvalue weighted by molar-refractivity contribution is 6.30. The van der Waals surface area contributed by atoms with E-state index in [0.29, 0.717) is 22.7 Å². The molecule has 3 rings (SSSR count). The van der Waals surface area contributed by atoms with Gasteiger partial charge in [0.05, 0.1) is 24.9 Å². The highest BCUT2D eigenvalue weighted by Gasteiger charge is 2.44. The number of carbonyl (C=O) groups excluding carboxylic acids is 2. The van der Waals surface area contributed by atoms with E-state index in [0.717, 1.165) is 5.57 Å². The Morgan fingerprint density at radius 1 is 1.28 bits per heavy atom. The van der Waals surface area contributed by atoms with E-state index in [-0.39, 0.29) is 11.8 Å². The number of esters is 1. The van der Waals surface area contributed by atoms with Crippen molar-refractivity contribution in [2.75, 3.05) is 12.4 Å². The molecule has 0 saturated carbocycles. The fourth-order valence-electron chi connectivity index (χ4n) is 3.15. The molecule has 6 nitrogen and oxygen atoms in total. The molecule has 1 heterocycles. The lowest BCUT2D eigenvalue weighted by atomic mass is 9.84. The van der Waals surface area contributed by atoms with Crippen LogP contribution in [0.3, 0.4) is 0 Å². The summed E-state index contributed by atoms with van der Waals surface area (Å²) in [5, 5.41) is 3.20. The number of methoxy groups -OCH3 is 1. The largest absolute Gasteiger partial charge is 0.466 e. The minimum Gasteiger partial charge on any atom is -0.466 e. The molecule has 0 bridgehead atoms. The third-order valence-electron chi connectivity index (χ3n) is 4.41. The first kappa shape index (κ1) is 17.4.